The SMILES string of the molecule is C[C@@H]1C[C@H](c2ccccc2)n2ncnc2N1. The summed E-state index contributed by atoms with van der Waals surface area (Å²) in [6, 6.07) is 11.2. The van der Waals surface area contributed by atoms with Crippen LogP contribution in [-0.4, -0.2) is 20.8 Å². The number of hydrogen-bond donors (Lipinski definition) is 1. The molecule has 0 amide bonds. The van der Waals surface area contributed by atoms with Crippen molar-refractivity contribution in [1.82, 2.24) is 14.8 Å². The highest BCUT2D eigenvalue weighted by atomic mass is 15.4. The molecule has 0 saturated heterocycles. The number of aromatic nitrogens is 3. The molecule has 2 aromatic rings. The monoisotopic (exact) mass is 214 g/mol. The molecule has 0 radical (unpaired) electrons. The van der Waals surface area contributed by atoms with Crippen molar-refractivity contribution < 1.29 is 0 Å². The van der Waals surface area contributed by atoms with E-state index in [9.17, 15) is 0 Å². The summed E-state index contributed by atoms with van der Waals surface area (Å²) in [4.78, 5) is 4.22. The predicted molar refractivity (Wildman–Crippen MR) is 62.3 cm³/mol. The minimum atomic E-state index is 0.301. The van der Waals surface area contributed by atoms with Crippen LogP contribution in [0.2, 0.25) is 0 Å². The third kappa shape index (κ3) is 1.46. The molecule has 0 aliphatic carbocycles. The Hall–Kier alpha value is -1.84. The average molecular weight is 214 g/mol. The van der Waals surface area contributed by atoms with Crippen LogP contribution in [0.5, 0.6) is 0 Å². The zero-order chi connectivity index (χ0) is 11.0. The number of nitrogens with one attached hydrogen (secondary N) is 1. The fourth-order valence-electron chi connectivity index (χ4n) is 2.25. The third-order valence-electron chi connectivity index (χ3n) is 3.00. The molecule has 0 fully saturated rings. The highest BCUT2D eigenvalue weighted by Gasteiger charge is 2.26. The largest absolute Gasteiger partial charge is 0.352 e. The molecule has 0 unspecified atom stereocenters. The molecule has 82 valence electrons. The first-order valence-electron chi connectivity index (χ1n) is 5.55. The lowest BCUT2D eigenvalue weighted by atomic mass is 9.99. The van der Waals surface area contributed by atoms with Gasteiger partial charge in [0.25, 0.3) is 0 Å². The first-order valence-corrected chi connectivity index (χ1v) is 5.55. The maximum Gasteiger partial charge on any atom is 0.221 e. The first kappa shape index (κ1) is 9.39. The summed E-state index contributed by atoms with van der Waals surface area (Å²) in [6.45, 7) is 2.17. The van der Waals surface area contributed by atoms with Crippen molar-refractivity contribution in [3.8, 4) is 0 Å². The van der Waals surface area contributed by atoms with Crippen LogP contribution in [-0.2, 0) is 0 Å². The van der Waals surface area contributed by atoms with Crippen molar-refractivity contribution in [1.29, 1.82) is 0 Å². The van der Waals surface area contributed by atoms with Crippen LogP contribution in [0.15, 0.2) is 36.7 Å². The smallest absolute Gasteiger partial charge is 0.221 e. The van der Waals surface area contributed by atoms with Crippen LogP contribution in [0.25, 0.3) is 0 Å². The molecule has 3 rings (SSSR count). The zero-order valence-electron chi connectivity index (χ0n) is 9.17. The van der Waals surface area contributed by atoms with Gasteiger partial charge >= 0.3 is 0 Å². The molecular weight excluding hydrogens is 200 g/mol. The Morgan fingerprint density at radius 2 is 2.12 bits per heavy atom. The van der Waals surface area contributed by atoms with Gasteiger partial charge in [-0.25, -0.2) is 4.68 Å². The summed E-state index contributed by atoms with van der Waals surface area (Å²) in [7, 11) is 0. The Kier molecular flexibility index (Phi) is 2.13. The normalized spacial score (nSPS) is 23.6. The third-order valence-corrected chi connectivity index (χ3v) is 3.00. The Bertz CT molecular complexity index is 477. The maximum absolute atomic E-state index is 4.29. The minimum Gasteiger partial charge on any atom is -0.352 e. The molecule has 0 saturated carbocycles. The molecule has 1 aromatic heterocycles. The summed E-state index contributed by atoms with van der Waals surface area (Å²) >= 11 is 0. The van der Waals surface area contributed by atoms with Gasteiger partial charge in [0, 0.05) is 6.04 Å². The molecule has 0 spiro atoms. The van der Waals surface area contributed by atoms with E-state index in [4.69, 9.17) is 0 Å². The van der Waals surface area contributed by atoms with Gasteiger partial charge in [0.1, 0.15) is 6.33 Å². The van der Waals surface area contributed by atoms with E-state index in [1.54, 1.807) is 6.33 Å². The van der Waals surface area contributed by atoms with Crippen LogP contribution >= 0.6 is 0 Å². The van der Waals surface area contributed by atoms with Crippen molar-refractivity contribution in [3.63, 3.8) is 0 Å². The standard InChI is InChI=1S/C12H14N4/c1-9-7-11(10-5-3-2-4-6-10)16-12(15-9)13-8-14-16/h2-6,8-9,11H,7H2,1H3,(H,13,14,15)/t9-,11-/m1/s1. The van der Waals surface area contributed by atoms with E-state index in [1.165, 1.54) is 5.56 Å². The van der Waals surface area contributed by atoms with E-state index in [-0.39, 0.29) is 0 Å². The zero-order valence-corrected chi connectivity index (χ0v) is 9.17. The molecule has 16 heavy (non-hydrogen) atoms. The van der Waals surface area contributed by atoms with E-state index >= 15 is 0 Å². The summed E-state index contributed by atoms with van der Waals surface area (Å²) in [6.07, 6.45) is 2.65. The molecule has 0 bridgehead atoms. The van der Waals surface area contributed by atoms with Gasteiger partial charge in [0.15, 0.2) is 0 Å². The quantitative estimate of drug-likeness (QED) is 0.790. The highest BCUT2D eigenvalue weighted by Crippen LogP contribution is 2.29. The van der Waals surface area contributed by atoms with Gasteiger partial charge in [-0.05, 0) is 18.9 Å². The Morgan fingerprint density at radius 1 is 1.31 bits per heavy atom. The van der Waals surface area contributed by atoms with Crippen LogP contribution in [0.1, 0.15) is 24.9 Å². The summed E-state index contributed by atoms with van der Waals surface area (Å²) in [5, 5.41) is 7.62. The number of benzene rings is 1. The molecule has 1 aromatic carbocycles. The number of anilines is 1. The van der Waals surface area contributed by atoms with Crippen molar-refractivity contribution in [2.45, 2.75) is 25.4 Å². The molecule has 4 nitrogen and oxygen atoms in total. The number of nitrogens with zero attached hydrogens (tertiary/aromatic N) is 3. The lowest BCUT2D eigenvalue weighted by Crippen LogP contribution is -2.31. The van der Waals surface area contributed by atoms with Crippen molar-refractivity contribution >= 4 is 5.95 Å². The Balaban J connectivity index is 2.04. The van der Waals surface area contributed by atoms with Gasteiger partial charge in [-0.1, -0.05) is 30.3 Å². The second-order valence-corrected chi connectivity index (χ2v) is 4.24. The van der Waals surface area contributed by atoms with Crippen molar-refractivity contribution in [2.24, 2.45) is 0 Å². The summed E-state index contributed by atoms with van der Waals surface area (Å²) in [5.41, 5.74) is 1.29. The van der Waals surface area contributed by atoms with E-state index in [0.29, 0.717) is 12.1 Å². The lowest BCUT2D eigenvalue weighted by molar-refractivity contribution is 0.437. The molecule has 1 N–H and O–H groups in total. The van der Waals surface area contributed by atoms with E-state index < -0.39 is 0 Å². The van der Waals surface area contributed by atoms with Crippen LogP contribution in [0.4, 0.5) is 5.95 Å². The predicted octanol–water partition coefficient (Wildman–Crippen LogP) is 2.07. The fourth-order valence-corrected chi connectivity index (χ4v) is 2.25. The minimum absolute atomic E-state index is 0.301. The van der Waals surface area contributed by atoms with Gasteiger partial charge in [-0.3, -0.25) is 0 Å². The van der Waals surface area contributed by atoms with Crippen LogP contribution in [0, 0.1) is 0 Å². The number of rotatable bonds is 1. The molecule has 4 heteroatoms. The second kappa shape index (κ2) is 3.63. The summed E-state index contributed by atoms with van der Waals surface area (Å²) < 4.78 is 1.97. The number of fused-ring (bicyclic) bond motifs is 1. The van der Waals surface area contributed by atoms with Crippen LogP contribution in [0.3, 0.4) is 0 Å². The topological polar surface area (TPSA) is 42.7 Å². The maximum atomic E-state index is 4.29. The number of hydrogen-bond acceptors (Lipinski definition) is 3. The Labute approximate surface area is 94.3 Å². The first-order chi connectivity index (χ1) is 7.84. The molecular formula is C12H14N4. The van der Waals surface area contributed by atoms with E-state index in [0.717, 1.165) is 12.4 Å². The second-order valence-electron chi connectivity index (χ2n) is 4.24. The molecule has 1 aliphatic rings. The fraction of sp³-hybridized carbons (Fsp3) is 0.333. The van der Waals surface area contributed by atoms with Gasteiger partial charge in [0.05, 0.1) is 6.04 Å². The summed E-state index contributed by atoms with van der Waals surface area (Å²) in [5.74, 6) is 0.868. The highest BCUT2D eigenvalue weighted by molar-refractivity contribution is 5.33. The average Bonchev–Trinajstić information content (AvgIpc) is 2.77. The lowest BCUT2D eigenvalue weighted by Gasteiger charge is -2.29. The van der Waals surface area contributed by atoms with Crippen molar-refractivity contribution in [3.05, 3.63) is 42.2 Å². The molecule has 2 heterocycles. The van der Waals surface area contributed by atoms with Gasteiger partial charge in [-0.15, -0.1) is 0 Å². The van der Waals surface area contributed by atoms with Gasteiger partial charge in [0.2, 0.25) is 5.95 Å². The van der Waals surface area contributed by atoms with Gasteiger partial charge in [-0.2, -0.15) is 10.1 Å². The molecule has 1 aliphatic heterocycles. The molecule has 2 atom stereocenters. The van der Waals surface area contributed by atoms with Gasteiger partial charge < -0.3 is 5.32 Å². The Morgan fingerprint density at radius 3 is 2.94 bits per heavy atom. The van der Waals surface area contributed by atoms with Crippen LogP contribution < -0.4 is 5.32 Å². The van der Waals surface area contributed by atoms with E-state index in [1.807, 2.05) is 10.7 Å². The van der Waals surface area contributed by atoms with E-state index in [2.05, 4.69) is 46.6 Å². The van der Waals surface area contributed by atoms with Crippen molar-refractivity contribution in [2.75, 3.05) is 5.32 Å².